The van der Waals surface area contributed by atoms with Crippen LogP contribution in [-0.2, 0) is 25.7 Å². The predicted octanol–water partition coefficient (Wildman–Crippen LogP) is 4.17. The normalized spacial score (nSPS) is 12.2. The van der Waals surface area contributed by atoms with Crippen LogP contribution in [0.4, 0.5) is 13.2 Å². The number of hydrogen-bond acceptors (Lipinski definition) is 7. The Morgan fingerprint density at radius 1 is 0.889 bits per heavy atom. The maximum Gasteiger partial charge on any atom is 0.452 e. The Bertz CT molecular complexity index is 1370. The first-order valence-electron chi connectivity index (χ1n) is 14.0. The van der Waals surface area contributed by atoms with E-state index in [1.54, 1.807) is 12.1 Å². The molecule has 242 valence electrons. The van der Waals surface area contributed by atoms with E-state index >= 15 is 0 Å². The molecule has 3 N–H and O–H groups in total. The molecule has 0 saturated carbocycles. The zero-order valence-corrected chi connectivity index (χ0v) is 25.4. The fourth-order valence-electron chi connectivity index (χ4n) is 3.80. The second kappa shape index (κ2) is 18.1. The number of carbonyl (C=O) groups is 4. The maximum atomic E-state index is 13.0. The van der Waals surface area contributed by atoms with Crippen LogP contribution in [0.15, 0.2) is 79.0 Å². The van der Waals surface area contributed by atoms with Crippen LogP contribution in [-0.4, -0.2) is 61.0 Å². The first-order chi connectivity index (χ1) is 21.4. The maximum absolute atomic E-state index is 13.0. The van der Waals surface area contributed by atoms with E-state index in [0.717, 1.165) is 13.2 Å². The number of halogens is 3. The fraction of sp³-hybridized carbons (Fsp3) is 0.344. The van der Waals surface area contributed by atoms with Gasteiger partial charge >= 0.3 is 6.18 Å². The molecular weight excluding hydrogens is 593 g/mol. The lowest BCUT2D eigenvalue weighted by atomic mass is 9.98. The summed E-state index contributed by atoms with van der Waals surface area (Å²) in [4.78, 5) is 53.3. The van der Waals surface area contributed by atoms with Crippen molar-refractivity contribution in [3.63, 3.8) is 0 Å². The van der Waals surface area contributed by atoms with Gasteiger partial charge < -0.3 is 25.4 Å². The molecule has 10 nitrogen and oxygen atoms in total. The Labute approximate surface area is 259 Å². The number of ether oxygens (including phenoxy) is 2. The number of carbonyl (C=O) groups excluding carboxylic acids is 4. The molecule has 3 rings (SSSR count). The Hall–Kier alpha value is -4.78. The number of benzene rings is 2. The van der Waals surface area contributed by atoms with Crippen molar-refractivity contribution >= 4 is 23.5 Å². The molecule has 13 heteroatoms. The highest BCUT2D eigenvalue weighted by atomic mass is 19.4. The van der Waals surface area contributed by atoms with Gasteiger partial charge in [0, 0.05) is 12.8 Å². The van der Waals surface area contributed by atoms with Gasteiger partial charge in [0.1, 0.15) is 17.5 Å². The molecule has 1 unspecified atom stereocenters. The van der Waals surface area contributed by atoms with E-state index in [1.807, 2.05) is 25.1 Å². The number of nitrogens with one attached hydrogen (secondary N) is 3. The number of rotatable bonds is 13. The second-order valence-electron chi connectivity index (χ2n) is 9.89. The van der Waals surface area contributed by atoms with Gasteiger partial charge in [-0.3, -0.25) is 24.2 Å². The molecule has 1 heterocycles. The first-order valence-corrected chi connectivity index (χ1v) is 14.0. The van der Waals surface area contributed by atoms with E-state index in [2.05, 4.69) is 33.1 Å². The van der Waals surface area contributed by atoms with E-state index in [4.69, 9.17) is 9.47 Å². The summed E-state index contributed by atoms with van der Waals surface area (Å²) in [6, 6.07) is 17.4. The minimum atomic E-state index is -5.16. The monoisotopic (exact) mass is 630 g/mol. The lowest BCUT2D eigenvalue weighted by molar-refractivity contribution is -0.175. The minimum Gasteiger partial charge on any atom is -0.497 e. The molecule has 0 saturated heterocycles. The number of nitrogens with zero attached hydrogens (tertiary/aromatic N) is 1. The van der Waals surface area contributed by atoms with E-state index in [-0.39, 0.29) is 11.3 Å². The summed E-state index contributed by atoms with van der Waals surface area (Å²) in [5.41, 5.74) is 1.52. The topological polar surface area (TPSA) is 136 Å². The Morgan fingerprint density at radius 3 is 2.07 bits per heavy atom. The molecule has 1 aromatic heterocycles. The summed E-state index contributed by atoms with van der Waals surface area (Å²) in [6.07, 6.45) is -3.76. The van der Waals surface area contributed by atoms with Crippen molar-refractivity contribution in [3.05, 3.63) is 95.8 Å². The fourth-order valence-corrected chi connectivity index (χ4v) is 3.80. The molecule has 0 fully saturated rings. The van der Waals surface area contributed by atoms with Crippen molar-refractivity contribution in [1.82, 2.24) is 20.9 Å². The number of ketones is 1. The van der Waals surface area contributed by atoms with Gasteiger partial charge in [0.2, 0.25) is 11.8 Å². The van der Waals surface area contributed by atoms with Gasteiger partial charge in [-0.2, -0.15) is 13.2 Å². The van der Waals surface area contributed by atoms with E-state index < -0.39 is 54.2 Å². The summed E-state index contributed by atoms with van der Waals surface area (Å²) >= 11 is 0. The van der Waals surface area contributed by atoms with Crippen molar-refractivity contribution < 1.29 is 41.8 Å². The van der Waals surface area contributed by atoms with Crippen molar-refractivity contribution in [2.45, 2.75) is 45.6 Å². The number of amides is 3. The summed E-state index contributed by atoms with van der Waals surface area (Å²) < 4.78 is 49.3. The zero-order chi connectivity index (χ0) is 33.4. The smallest absolute Gasteiger partial charge is 0.452 e. The van der Waals surface area contributed by atoms with E-state index in [9.17, 15) is 32.3 Å². The highest BCUT2D eigenvalue weighted by molar-refractivity contribution is 5.97. The molecule has 45 heavy (non-hydrogen) atoms. The third kappa shape index (κ3) is 12.4. The third-order valence-electron chi connectivity index (χ3n) is 6.17. The molecule has 0 spiro atoms. The molecule has 0 aliphatic carbocycles. The average Bonchev–Trinajstić information content (AvgIpc) is 3.04. The molecule has 0 aliphatic rings. The van der Waals surface area contributed by atoms with Gasteiger partial charge in [0.05, 0.1) is 26.3 Å². The SMILES string of the molecule is CCOCc1ccccc1.COc1ccc(C(NC(=O)CNC(=O)c2ccccn2)C(=O)N[C@H](C(=O)C(F)(F)F)C(C)C)cc1. The van der Waals surface area contributed by atoms with Crippen molar-refractivity contribution in [2.24, 2.45) is 5.92 Å². The van der Waals surface area contributed by atoms with Gasteiger partial charge in [-0.1, -0.05) is 62.4 Å². The number of alkyl halides is 3. The van der Waals surface area contributed by atoms with Crippen LogP contribution in [0.5, 0.6) is 5.75 Å². The predicted molar refractivity (Wildman–Crippen MR) is 160 cm³/mol. The summed E-state index contributed by atoms with van der Waals surface area (Å²) in [5.74, 6) is -5.01. The molecular formula is C32H37F3N4O6. The van der Waals surface area contributed by atoms with E-state index in [0.29, 0.717) is 5.75 Å². The van der Waals surface area contributed by atoms with Crippen LogP contribution in [0.3, 0.4) is 0 Å². The van der Waals surface area contributed by atoms with Crippen molar-refractivity contribution in [1.29, 1.82) is 0 Å². The highest BCUT2D eigenvalue weighted by Gasteiger charge is 2.45. The lowest BCUT2D eigenvalue weighted by Crippen LogP contribution is -2.53. The van der Waals surface area contributed by atoms with Gasteiger partial charge in [-0.05, 0) is 48.2 Å². The molecule has 2 aromatic carbocycles. The van der Waals surface area contributed by atoms with Gasteiger partial charge in [-0.25, -0.2) is 0 Å². The highest BCUT2D eigenvalue weighted by Crippen LogP contribution is 2.23. The number of Topliss-reactive ketones (excluding diaryl/α,β-unsaturated/α-hetero) is 1. The molecule has 3 aromatic rings. The quantitative estimate of drug-likeness (QED) is 0.258. The minimum absolute atomic E-state index is 0.0650. The Morgan fingerprint density at radius 2 is 1.53 bits per heavy atom. The number of pyridine rings is 1. The molecule has 2 atom stereocenters. The van der Waals surface area contributed by atoms with Crippen molar-refractivity contribution in [3.8, 4) is 5.75 Å². The number of methoxy groups -OCH3 is 1. The first kappa shape index (κ1) is 36.4. The molecule has 0 aliphatic heterocycles. The van der Waals surface area contributed by atoms with Gasteiger partial charge in [-0.15, -0.1) is 0 Å². The zero-order valence-electron chi connectivity index (χ0n) is 25.4. The van der Waals surface area contributed by atoms with Crippen LogP contribution >= 0.6 is 0 Å². The van der Waals surface area contributed by atoms with Crippen LogP contribution in [0.2, 0.25) is 0 Å². The summed E-state index contributed by atoms with van der Waals surface area (Å²) in [6.45, 7) is 5.69. The number of hydrogen-bond donors (Lipinski definition) is 3. The van der Waals surface area contributed by atoms with Crippen LogP contribution < -0.4 is 20.7 Å². The molecule has 0 radical (unpaired) electrons. The van der Waals surface area contributed by atoms with E-state index in [1.165, 1.54) is 63.0 Å². The van der Waals surface area contributed by atoms with Gasteiger partial charge in [0.15, 0.2) is 0 Å². The van der Waals surface area contributed by atoms with Gasteiger partial charge in [0.25, 0.3) is 11.7 Å². The number of aromatic nitrogens is 1. The second-order valence-corrected chi connectivity index (χ2v) is 9.89. The van der Waals surface area contributed by atoms with Crippen LogP contribution in [0.25, 0.3) is 0 Å². The largest absolute Gasteiger partial charge is 0.497 e. The Kier molecular flexibility index (Phi) is 14.7. The van der Waals surface area contributed by atoms with Crippen LogP contribution in [0.1, 0.15) is 48.4 Å². The average molecular weight is 631 g/mol. The lowest BCUT2D eigenvalue weighted by Gasteiger charge is -2.26. The molecule has 0 bridgehead atoms. The van der Waals surface area contributed by atoms with Crippen LogP contribution in [0, 0.1) is 5.92 Å². The summed E-state index contributed by atoms with van der Waals surface area (Å²) in [7, 11) is 1.42. The third-order valence-corrected chi connectivity index (χ3v) is 6.17. The standard InChI is InChI=1S/C23H25F3N4O5.C9H12O/c1-13(2)18(20(32)23(24,25)26)30-22(34)19(14-7-9-15(35-3)10-8-14)29-17(31)12-28-21(33)16-6-4-5-11-27-16;1-2-10-8-9-6-4-3-5-7-9/h4-11,13,18-19H,12H2,1-3H3,(H,28,33)(H,29,31)(H,30,34);3-7H,2,8H2,1H3/t18-,19?;/m0./s1. The molecule has 3 amide bonds. The van der Waals surface area contributed by atoms with Crippen molar-refractivity contribution in [2.75, 3.05) is 20.3 Å². The Balaban J connectivity index is 0.000000596. The summed E-state index contributed by atoms with van der Waals surface area (Å²) in [5, 5.41) is 6.82.